The quantitative estimate of drug-likeness (QED) is 0.857. The average Bonchev–Trinajstić information content (AvgIpc) is 2.29. The Morgan fingerprint density at radius 2 is 2.25 bits per heavy atom. The molecule has 2 unspecified atom stereocenters. The van der Waals surface area contributed by atoms with Gasteiger partial charge in [-0.2, -0.15) is 0 Å². The first-order valence-electron chi connectivity index (χ1n) is 5.77. The lowest BCUT2D eigenvalue weighted by Gasteiger charge is -2.32. The predicted molar refractivity (Wildman–Crippen MR) is 66.8 cm³/mol. The van der Waals surface area contributed by atoms with E-state index >= 15 is 0 Å². The molecule has 0 bridgehead atoms. The molecule has 0 saturated carbocycles. The molecule has 1 aromatic rings. The lowest BCUT2D eigenvalue weighted by molar-refractivity contribution is -0.00710. The van der Waals surface area contributed by atoms with Crippen molar-refractivity contribution in [2.24, 2.45) is 5.92 Å². The molecule has 1 aromatic carbocycles. The molecule has 1 N–H and O–H groups in total. The molecule has 88 valence electrons. The summed E-state index contributed by atoms with van der Waals surface area (Å²) in [6, 6.07) is 8.36. The van der Waals surface area contributed by atoms with Crippen LogP contribution in [0.25, 0.3) is 0 Å². The van der Waals surface area contributed by atoms with Gasteiger partial charge in [0, 0.05) is 17.6 Å². The van der Waals surface area contributed by atoms with E-state index in [0.29, 0.717) is 12.0 Å². The third-order valence-corrected chi connectivity index (χ3v) is 3.30. The van der Waals surface area contributed by atoms with Crippen LogP contribution in [0.5, 0.6) is 0 Å². The molecule has 1 aliphatic rings. The molecule has 1 fully saturated rings. The molecule has 2 nitrogen and oxygen atoms in total. The molecule has 1 saturated heterocycles. The van der Waals surface area contributed by atoms with E-state index in [2.05, 4.69) is 25.2 Å². The van der Waals surface area contributed by atoms with Crippen LogP contribution >= 0.6 is 11.6 Å². The first-order chi connectivity index (χ1) is 7.66. The predicted octanol–water partition coefficient (Wildman–Crippen LogP) is 3.03. The average molecular weight is 240 g/mol. The summed E-state index contributed by atoms with van der Waals surface area (Å²) >= 11 is 5.97. The Balaban J connectivity index is 1.99. The summed E-state index contributed by atoms with van der Waals surface area (Å²) in [5.74, 6) is 0.611. The van der Waals surface area contributed by atoms with Gasteiger partial charge in [0.1, 0.15) is 0 Å². The summed E-state index contributed by atoms with van der Waals surface area (Å²) in [6.45, 7) is 6.06. The lowest BCUT2D eigenvalue weighted by Crippen LogP contribution is -2.45. The molecule has 2 atom stereocenters. The van der Waals surface area contributed by atoms with Gasteiger partial charge in [0.15, 0.2) is 0 Å². The first-order valence-corrected chi connectivity index (χ1v) is 6.15. The Morgan fingerprint density at radius 3 is 2.81 bits per heavy atom. The molecular formula is C13H18ClNO. The molecule has 0 amide bonds. The van der Waals surface area contributed by atoms with Gasteiger partial charge in [0.2, 0.25) is 0 Å². The van der Waals surface area contributed by atoms with E-state index in [1.165, 1.54) is 0 Å². The van der Waals surface area contributed by atoms with Gasteiger partial charge in [0.25, 0.3) is 0 Å². The fraction of sp³-hybridized carbons (Fsp3) is 0.538. The minimum absolute atomic E-state index is 0.133. The zero-order valence-corrected chi connectivity index (χ0v) is 10.5. The van der Waals surface area contributed by atoms with Crippen LogP contribution < -0.4 is 5.32 Å². The van der Waals surface area contributed by atoms with Crippen molar-refractivity contribution in [3.05, 3.63) is 34.9 Å². The van der Waals surface area contributed by atoms with Crippen LogP contribution in [0.2, 0.25) is 5.02 Å². The highest BCUT2D eigenvalue weighted by Crippen LogP contribution is 2.24. The Labute approximate surface area is 102 Å². The molecule has 0 spiro atoms. The van der Waals surface area contributed by atoms with E-state index < -0.39 is 0 Å². The molecule has 0 aromatic heterocycles. The zero-order valence-electron chi connectivity index (χ0n) is 9.74. The maximum Gasteiger partial charge on any atom is 0.0950 e. The second kappa shape index (κ2) is 5.17. The molecule has 1 aliphatic heterocycles. The summed E-state index contributed by atoms with van der Waals surface area (Å²) < 4.78 is 5.87. The van der Waals surface area contributed by atoms with E-state index in [0.717, 1.165) is 23.7 Å². The zero-order chi connectivity index (χ0) is 11.5. The van der Waals surface area contributed by atoms with Gasteiger partial charge in [-0.15, -0.1) is 0 Å². The fourth-order valence-electron chi connectivity index (χ4n) is 1.95. The normalized spacial score (nSPS) is 26.0. The molecule has 2 rings (SSSR count). The number of ether oxygens (including phenoxy) is 1. The highest BCUT2D eigenvalue weighted by atomic mass is 35.5. The smallest absolute Gasteiger partial charge is 0.0950 e. The second-order valence-corrected chi connectivity index (χ2v) is 5.07. The number of rotatable bonds is 2. The first kappa shape index (κ1) is 11.9. The number of morpholine rings is 1. The van der Waals surface area contributed by atoms with Crippen molar-refractivity contribution in [1.82, 2.24) is 5.32 Å². The fourth-order valence-corrected chi connectivity index (χ4v) is 2.14. The number of hydrogen-bond acceptors (Lipinski definition) is 2. The van der Waals surface area contributed by atoms with E-state index in [9.17, 15) is 0 Å². The van der Waals surface area contributed by atoms with Crippen molar-refractivity contribution in [2.45, 2.75) is 26.0 Å². The van der Waals surface area contributed by atoms with Gasteiger partial charge in [0.05, 0.1) is 12.7 Å². The molecule has 16 heavy (non-hydrogen) atoms. The molecule has 3 heteroatoms. The SMILES string of the molecule is CC(C)C1COC(c2cccc(Cl)c2)CN1. The highest BCUT2D eigenvalue weighted by molar-refractivity contribution is 6.30. The third kappa shape index (κ3) is 2.76. The number of halogens is 1. The van der Waals surface area contributed by atoms with Crippen molar-refractivity contribution in [3.63, 3.8) is 0 Å². The van der Waals surface area contributed by atoms with Crippen molar-refractivity contribution in [2.75, 3.05) is 13.2 Å². The summed E-state index contributed by atoms with van der Waals surface area (Å²) in [5, 5.41) is 4.29. The third-order valence-electron chi connectivity index (χ3n) is 3.07. The van der Waals surface area contributed by atoms with Gasteiger partial charge in [-0.1, -0.05) is 37.6 Å². The Bertz CT molecular complexity index is 346. The lowest BCUT2D eigenvalue weighted by atomic mass is 10.0. The van der Waals surface area contributed by atoms with E-state index in [1.54, 1.807) is 0 Å². The van der Waals surface area contributed by atoms with E-state index in [1.807, 2.05) is 18.2 Å². The second-order valence-electron chi connectivity index (χ2n) is 4.64. The van der Waals surface area contributed by atoms with E-state index in [4.69, 9.17) is 16.3 Å². The number of hydrogen-bond donors (Lipinski definition) is 1. The summed E-state index contributed by atoms with van der Waals surface area (Å²) in [4.78, 5) is 0. The topological polar surface area (TPSA) is 21.3 Å². The van der Waals surface area contributed by atoms with Crippen LogP contribution in [0.3, 0.4) is 0 Å². The largest absolute Gasteiger partial charge is 0.371 e. The van der Waals surface area contributed by atoms with E-state index in [-0.39, 0.29) is 6.10 Å². The van der Waals surface area contributed by atoms with Gasteiger partial charge in [-0.25, -0.2) is 0 Å². The Morgan fingerprint density at radius 1 is 1.44 bits per heavy atom. The van der Waals surface area contributed by atoms with Crippen LogP contribution in [-0.2, 0) is 4.74 Å². The van der Waals surface area contributed by atoms with Gasteiger partial charge >= 0.3 is 0 Å². The van der Waals surface area contributed by atoms with Crippen LogP contribution in [-0.4, -0.2) is 19.2 Å². The summed E-state index contributed by atoms with van der Waals surface area (Å²) in [7, 11) is 0. The maximum atomic E-state index is 5.97. The van der Waals surface area contributed by atoms with Gasteiger partial charge in [-0.05, 0) is 23.6 Å². The standard InChI is InChI=1S/C13H18ClNO/c1-9(2)12-8-16-13(7-15-12)10-4-3-5-11(14)6-10/h3-6,9,12-13,15H,7-8H2,1-2H3. The monoisotopic (exact) mass is 239 g/mol. The summed E-state index contributed by atoms with van der Waals surface area (Å²) in [5.41, 5.74) is 1.15. The van der Waals surface area contributed by atoms with Crippen LogP contribution in [0.1, 0.15) is 25.5 Å². The summed E-state index contributed by atoms with van der Waals surface area (Å²) in [6.07, 6.45) is 0.133. The van der Waals surface area contributed by atoms with Crippen molar-refractivity contribution < 1.29 is 4.74 Å². The van der Waals surface area contributed by atoms with Crippen LogP contribution in [0.15, 0.2) is 24.3 Å². The van der Waals surface area contributed by atoms with Crippen molar-refractivity contribution in [1.29, 1.82) is 0 Å². The Hall–Kier alpha value is -0.570. The molecule has 1 heterocycles. The molecule has 0 aliphatic carbocycles. The van der Waals surface area contributed by atoms with Crippen molar-refractivity contribution in [3.8, 4) is 0 Å². The van der Waals surface area contributed by atoms with Crippen LogP contribution in [0.4, 0.5) is 0 Å². The Kier molecular flexibility index (Phi) is 3.85. The van der Waals surface area contributed by atoms with Gasteiger partial charge < -0.3 is 10.1 Å². The highest BCUT2D eigenvalue weighted by Gasteiger charge is 2.24. The van der Waals surface area contributed by atoms with Gasteiger partial charge in [-0.3, -0.25) is 0 Å². The number of nitrogens with one attached hydrogen (secondary N) is 1. The molecule has 0 radical (unpaired) electrons. The maximum absolute atomic E-state index is 5.97. The minimum Gasteiger partial charge on any atom is -0.371 e. The number of benzene rings is 1. The molecular weight excluding hydrogens is 222 g/mol. The van der Waals surface area contributed by atoms with Crippen LogP contribution in [0, 0.1) is 5.92 Å². The van der Waals surface area contributed by atoms with Crippen molar-refractivity contribution >= 4 is 11.6 Å². The minimum atomic E-state index is 0.133.